The molecule has 1 aromatic rings. The van der Waals surface area contributed by atoms with E-state index < -0.39 is 0 Å². The zero-order valence-electron chi connectivity index (χ0n) is 9.45. The number of piperidine rings is 1. The second-order valence-electron chi connectivity index (χ2n) is 4.62. The number of aryl methyl sites for hydroxylation is 1. The normalized spacial score (nSPS) is 22.9. The molecule has 0 unspecified atom stereocenters. The maximum Gasteiger partial charge on any atom is 0.0234 e. The molecule has 1 saturated heterocycles. The van der Waals surface area contributed by atoms with Crippen LogP contribution >= 0.6 is 0 Å². The van der Waals surface area contributed by atoms with E-state index in [0.717, 1.165) is 13.1 Å². The van der Waals surface area contributed by atoms with Crippen LogP contribution in [0.4, 0.5) is 0 Å². The van der Waals surface area contributed by atoms with Gasteiger partial charge in [-0.3, -0.25) is 4.90 Å². The lowest BCUT2D eigenvalue weighted by Crippen LogP contribution is -2.42. The second kappa shape index (κ2) is 4.77. The number of nitrogens with two attached hydrogens (primary N) is 1. The van der Waals surface area contributed by atoms with Crippen molar-refractivity contribution >= 4 is 0 Å². The number of hydrogen-bond donors (Lipinski definition) is 1. The minimum absolute atomic E-state index is 0.379. The maximum absolute atomic E-state index is 5.96. The molecule has 0 aromatic heterocycles. The van der Waals surface area contributed by atoms with Gasteiger partial charge in [-0.1, -0.05) is 29.8 Å². The van der Waals surface area contributed by atoms with Gasteiger partial charge >= 0.3 is 0 Å². The molecule has 1 aromatic carbocycles. The van der Waals surface area contributed by atoms with Gasteiger partial charge in [-0.25, -0.2) is 0 Å². The highest BCUT2D eigenvalue weighted by Gasteiger charge is 2.16. The maximum atomic E-state index is 5.96. The van der Waals surface area contributed by atoms with Crippen molar-refractivity contribution in [2.45, 2.75) is 32.4 Å². The molecule has 2 heteroatoms. The molecular weight excluding hydrogens is 184 g/mol. The molecule has 82 valence electrons. The number of rotatable bonds is 2. The highest BCUT2D eigenvalue weighted by molar-refractivity contribution is 5.21. The molecular formula is C13H20N2. The number of likely N-dealkylation sites (tertiary alicyclic amines) is 1. The van der Waals surface area contributed by atoms with Crippen LogP contribution in [0.3, 0.4) is 0 Å². The summed E-state index contributed by atoms with van der Waals surface area (Å²) >= 11 is 0. The van der Waals surface area contributed by atoms with Crippen LogP contribution in [-0.4, -0.2) is 24.0 Å². The SMILES string of the molecule is Cc1ccc(CN2CCC[C@H](N)C2)cc1. The lowest BCUT2D eigenvalue weighted by atomic mass is 10.1. The zero-order valence-corrected chi connectivity index (χ0v) is 9.45. The standard InChI is InChI=1S/C13H20N2/c1-11-4-6-12(7-5-11)9-15-8-2-3-13(14)10-15/h4-7,13H,2-3,8-10,14H2,1H3/t13-/m0/s1. The molecule has 15 heavy (non-hydrogen) atoms. The summed E-state index contributed by atoms with van der Waals surface area (Å²) in [5, 5.41) is 0. The Labute approximate surface area is 92.1 Å². The zero-order chi connectivity index (χ0) is 10.7. The highest BCUT2D eigenvalue weighted by Crippen LogP contribution is 2.12. The van der Waals surface area contributed by atoms with Crippen LogP contribution in [0.2, 0.25) is 0 Å². The van der Waals surface area contributed by atoms with E-state index in [9.17, 15) is 0 Å². The van der Waals surface area contributed by atoms with Gasteiger partial charge in [0.1, 0.15) is 0 Å². The van der Waals surface area contributed by atoms with E-state index in [2.05, 4.69) is 36.1 Å². The molecule has 0 spiro atoms. The van der Waals surface area contributed by atoms with Crippen LogP contribution in [0, 0.1) is 6.92 Å². The molecule has 2 rings (SSSR count). The molecule has 2 N–H and O–H groups in total. The van der Waals surface area contributed by atoms with E-state index in [0.29, 0.717) is 6.04 Å². The van der Waals surface area contributed by atoms with Crippen molar-refractivity contribution in [2.75, 3.05) is 13.1 Å². The Morgan fingerprint density at radius 1 is 1.33 bits per heavy atom. The summed E-state index contributed by atoms with van der Waals surface area (Å²) in [5.74, 6) is 0. The Bertz CT molecular complexity index is 305. The fourth-order valence-corrected chi connectivity index (χ4v) is 2.19. The summed E-state index contributed by atoms with van der Waals surface area (Å²) in [5.41, 5.74) is 8.69. The van der Waals surface area contributed by atoms with Crippen LogP contribution in [0.5, 0.6) is 0 Å². The minimum atomic E-state index is 0.379. The summed E-state index contributed by atoms with van der Waals surface area (Å²) in [6, 6.07) is 9.17. The lowest BCUT2D eigenvalue weighted by molar-refractivity contribution is 0.201. The molecule has 1 atom stereocenters. The van der Waals surface area contributed by atoms with Gasteiger partial charge in [-0.2, -0.15) is 0 Å². The van der Waals surface area contributed by atoms with Crippen molar-refractivity contribution in [1.82, 2.24) is 4.90 Å². The Balaban J connectivity index is 1.93. The van der Waals surface area contributed by atoms with Crippen molar-refractivity contribution < 1.29 is 0 Å². The quantitative estimate of drug-likeness (QED) is 0.797. The highest BCUT2D eigenvalue weighted by atomic mass is 15.1. The summed E-state index contributed by atoms with van der Waals surface area (Å²) in [4.78, 5) is 2.46. The van der Waals surface area contributed by atoms with Crippen molar-refractivity contribution in [3.8, 4) is 0 Å². The van der Waals surface area contributed by atoms with Crippen molar-refractivity contribution in [3.05, 3.63) is 35.4 Å². The third-order valence-electron chi connectivity index (χ3n) is 3.07. The fraction of sp³-hybridized carbons (Fsp3) is 0.538. The third kappa shape index (κ3) is 3.05. The van der Waals surface area contributed by atoms with E-state index in [1.807, 2.05) is 0 Å². The van der Waals surface area contributed by atoms with Crippen LogP contribution in [0.1, 0.15) is 24.0 Å². The molecule has 1 heterocycles. The van der Waals surface area contributed by atoms with E-state index in [4.69, 9.17) is 5.73 Å². The fourth-order valence-electron chi connectivity index (χ4n) is 2.19. The summed E-state index contributed by atoms with van der Waals surface area (Å²) in [6.07, 6.45) is 2.43. The first kappa shape index (κ1) is 10.7. The molecule has 0 aliphatic carbocycles. The van der Waals surface area contributed by atoms with Gasteiger partial charge in [0.05, 0.1) is 0 Å². The van der Waals surface area contributed by atoms with Gasteiger partial charge in [0.25, 0.3) is 0 Å². The minimum Gasteiger partial charge on any atom is -0.327 e. The van der Waals surface area contributed by atoms with Gasteiger partial charge in [0.2, 0.25) is 0 Å². The molecule has 1 aliphatic heterocycles. The van der Waals surface area contributed by atoms with Gasteiger partial charge in [0.15, 0.2) is 0 Å². The van der Waals surface area contributed by atoms with Crippen LogP contribution < -0.4 is 5.73 Å². The van der Waals surface area contributed by atoms with Crippen LogP contribution in [0.15, 0.2) is 24.3 Å². The van der Waals surface area contributed by atoms with Gasteiger partial charge in [0, 0.05) is 19.1 Å². The topological polar surface area (TPSA) is 29.3 Å². The number of nitrogens with zero attached hydrogens (tertiary/aromatic N) is 1. The predicted octanol–water partition coefficient (Wildman–Crippen LogP) is 1.92. The molecule has 0 radical (unpaired) electrons. The summed E-state index contributed by atoms with van der Waals surface area (Å²) in [6.45, 7) is 5.42. The number of hydrogen-bond acceptors (Lipinski definition) is 2. The van der Waals surface area contributed by atoms with Crippen LogP contribution in [0.25, 0.3) is 0 Å². The molecule has 2 nitrogen and oxygen atoms in total. The first-order valence-electron chi connectivity index (χ1n) is 5.77. The lowest BCUT2D eigenvalue weighted by Gasteiger charge is -2.30. The number of benzene rings is 1. The van der Waals surface area contributed by atoms with Crippen molar-refractivity contribution in [3.63, 3.8) is 0 Å². The van der Waals surface area contributed by atoms with E-state index in [1.165, 1.54) is 30.5 Å². The van der Waals surface area contributed by atoms with Crippen molar-refractivity contribution in [2.24, 2.45) is 5.73 Å². The molecule has 0 amide bonds. The van der Waals surface area contributed by atoms with E-state index in [-0.39, 0.29) is 0 Å². The monoisotopic (exact) mass is 204 g/mol. The third-order valence-corrected chi connectivity index (χ3v) is 3.07. The molecule has 0 bridgehead atoms. The van der Waals surface area contributed by atoms with E-state index >= 15 is 0 Å². The first-order valence-corrected chi connectivity index (χ1v) is 5.77. The Morgan fingerprint density at radius 3 is 2.73 bits per heavy atom. The average Bonchev–Trinajstić information content (AvgIpc) is 2.22. The van der Waals surface area contributed by atoms with Gasteiger partial charge < -0.3 is 5.73 Å². The van der Waals surface area contributed by atoms with Crippen LogP contribution in [-0.2, 0) is 6.54 Å². The summed E-state index contributed by atoms with van der Waals surface area (Å²) < 4.78 is 0. The second-order valence-corrected chi connectivity index (χ2v) is 4.62. The summed E-state index contributed by atoms with van der Waals surface area (Å²) in [7, 11) is 0. The predicted molar refractivity (Wildman–Crippen MR) is 63.7 cm³/mol. The van der Waals surface area contributed by atoms with E-state index in [1.54, 1.807) is 0 Å². The Kier molecular flexibility index (Phi) is 3.39. The van der Waals surface area contributed by atoms with Gasteiger partial charge in [-0.05, 0) is 31.9 Å². The molecule has 1 aliphatic rings. The smallest absolute Gasteiger partial charge is 0.0234 e. The van der Waals surface area contributed by atoms with Gasteiger partial charge in [-0.15, -0.1) is 0 Å². The largest absolute Gasteiger partial charge is 0.327 e. The Hall–Kier alpha value is -0.860. The average molecular weight is 204 g/mol. The molecule has 0 saturated carbocycles. The molecule has 1 fully saturated rings. The first-order chi connectivity index (χ1) is 7.24. The van der Waals surface area contributed by atoms with Crippen molar-refractivity contribution in [1.29, 1.82) is 0 Å². The Morgan fingerprint density at radius 2 is 2.07 bits per heavy atom.